The summed E-state index contributed by atoms with van der Waals surface area (Å²) < 4.78 is 7.11. The second kappa shape index (κ2) is 13.7. The maximum atomic E-state index is 7.11. The van der Waals surface area contributed by atoms with Crippen molar-refractivity contribution in [1.82, 2.24) is 0 Å². The number of anilines is 3. The van der Waals surface area contributed by atoms with Gasteiger partial charge < -0.3 is 9.32 Å². The fourth-order valence-electron chi connectivity index (χ4n) is 10.1. The first-order chi connectivity index (χ1) is 30.0. The van der Waals surface area contributed by atoms with Crippen molar-refractivity contribution < 1.29 is 4.42 Å². The van der Waals surface area contributed by atoms with Crippen molar-refractivity contribution in [3.05, 3.63) is 223 Å². The summed E-state index contributed by atoms with van der Waals surface area (Å²) in [6.45, 7) is 4.70. The molecular weight excluding hydrogens is 739 g/mol. The second-order valence-corrected chi connectivity index (χ2v) is 16.8. The molecule has 0 N–H and O–H groups in total. The lowest BCUT2D eigenvalue weighted by Crippen LogP contribution is -2.16. The lowest BCUT2D eigenvalue weighted by atomic mass is 9.82. The molecule has 0 aliphatic heterocycles. The van der Waals surface area contributed by atoms with Gasteiger partial charge in [0.1, 0.15) is 11.3 Å². The molecule has 0 atom stereocenters. The van der Waals surface area contributed by atoms with E-state index in [0.717, 1.165) is 55.9 Å². The van der Waals surface area contributed by atoms with E-state index in [0.29, 0.717) is 0 Å². The average Bonchev–Trinajstić information content (AvgIpc) is 3.83. The van der Waals surface area contributed by atoms with E-state index >= 15 is 0 Å². The Labute approximate surface area is 355 Å². The first-order valence-electron chi connectivity index (χ1n) is 21.2. The zero-order chi connectivity index (χ0) is 40.7. The number of furan rings is 1. The molecule has 0 radical (unpaired) electrons. The number of hydrogen-bond donors (Lipinski definition) is 0. The highest BCUT2D eigenvalue weighted by atomic mass is 16.3. The van der Waals surface area contributed by atoms with Gasteiger partial charge in [-0.15, -0.1) is 0 Å². The molecule has 12 rings (SSSR count). The van der Waals surface area contributed by atoms with Gasteiger partial charge in [0.2, 0.25) is 0 Å². The third-order valence-electron chi connectivity index (χ3n) is 13.1. The molecule has 1 aliphatic carbocycles. The molecule has 0 saturated heterocycles. The van der Waals surface area contributed by atoms with Gasteiger partial charge in [0.05, 0.1) is 0 Å². The number of benzene rings is 10. The monoisotopic (exact) mass is 779 g/mol. The minimum absolute atomic E-state index is 0.126. The van der Waals surface area contributed by atoms with Gasteiger partial charge in [-0.3, -0.25) is 0 Å². The van der Waals surface area contributed by atoms with E-state index in [1.807, 2.05) is 0 Å². The van der Waals surface area contributed by atoms with Gasteiger partial charge in [-0.25, -0.2) is 0 Å². The molecular formula is C59H41NO. The van der Waals surface area contributed by atoms with Crippen LogP contribution in [0.2, 0.25) is 0 Å². The molecule has 61 heavy (non-hydrogen) atoms. The van der Waals surface area contributed by atoms with E-state index in [9.17, 15) is 0 Å². The van der Waals surface area contributed by atoms with E-state index in [2.05, 4.69) is 231 Å². The molecule has 0 unspecified atom stereocenters. The molecule has 0 bridgehead atoms. The standard InChI is InChI=1S/C59H41NO/c1-59(2)53-26-13-12-22-49(53)50-36-35-44(37-54(50)59)60(42-31-27-39(28-32-42)46-25-14-18-38-15-6-7-19-45(38)46)43-33-29-41(30-34-43)57-55(40-16-4-3-5-17-40)56-51-23-10-8-20-47(51)48-21-9-11-24-52(48)58(56)61-57/h3-37H,1-2H3. The van der Waals surface area contributed by atoms with Gasteiger partial charge in [-0.05, 0) is 114 Å². The Morgan fingerprint density at radius 2 is 0.918 bits per heavy atom. The fraction of sp³-hybridized carbons (Fsp3) is 0.0508. The van der Waals surface area contributed by atoms with Crippen LogP contribution >= 0.6 is 0 Å². The second-order valence-electron chi connectivity index (χ2n) is 16.8. The summed E-state index contributed by atoms with van der Waals surface area (Å²) in [5, 5.41) is 8.39. The predicted molar refractivity (Wildman–Crippen MR) is 257 cm³/mol. The highest BCUT2D eigenvalue weighted by molar-refractivity contribution is 6.28. The van der Waals surface area contributed by atoms with Crippen LogP contribution < -0.4 is 4.90 Å². The van der Waals surface area contributed by atoms with Gasteiger partial charge in [-0.1, -0.05) is 178 Å². The van der Waals surface area contributed by atoms with Crippen LogP contribution in [-0.2, 0) is 5.41 Å². The normalized spacial score (nSPS) is 12.9. The van der Waals surface area contributed by atoms with Crippen LogP contribution in [0.3, 0.4) is 0 Å². The molecule has 0 amide bonds. The van der Waals surface area contributed by atoms with E-state index in [1.54, 1.807) is 0 Å². The zero-order valence-corrected chi connectivity index (χ0v) is 34.1. The summed E-state index contributed by atoms with van der Waals surface area (Å²) >= 11 is 0. The third-order valence-corrected chi connectivity index (χ3v) is 13.1. The molecule has 0 saturated carbocycles. The Bertz CT molecular complexity index is 3480. The number of rotatable bonds is 6. The minimum Gasteiger partial charge on any atom is -0.455 e. The van der Waals surface area contributed by atoms with Gasteiger partial charge in [0.15, 0.2) is 0 Å². The molecule has 2 nitrogen and oxygen atoms in total. The lowest BCUT2D eigenvalue weighted by Gasteiger charge is -2.28. The Kier molecular flexibility index (Phi) is 7.92. The van der Waals surface area contributed by atoms with Crippen molar-refractivity contribution in [3.63, 3.8) is 0 Å². The molecule has 1 aliphatic rings. The molecule has 288 valence electrons. The Balaban J connectivity index is 1.03. The topological polar surface area (TPSA) is 16.4 Å². The predicted octanol–water partition coefficient (Wildman–Crippen LogP) is 16.7. The summed E-state index contributed by atoms with van der Waals surface area (Å²) in [6.07, 6.45) is 0. The third kappa shape index (κ3) is 5.49. The van der Waals surface area contributed by atoms with Crippen LogP contribution in [0.5, 0.6) is 0 Å². The Hall–Kier alpha value is -7.68. The molecule has 2 heteroatoms. The van der Waals surface area contributed by atoms with Gasteiger partial charge in [-0.2, -0.15) is 0 Å². The summed E-state index contributed by atoms with van der Waals surface area (Å²) in [5.41, 5.74) is 15.1. The van der Waals surface area contributed by atoms with Crippen LogP contribution in [0.4, 0.5) is 17.1 Å². The summed E-state index contributed by atoms with van der Waals surface area (Å²) in [5.74, 6) is 0.872. The minimum atomic E-state index is -0.126. The maximum Gasteiger partial charge on any atom is 0.143 e. The SMILES string of the molecule is CC1(C)c2ccccc2-c2ccc(N(c3ccc(-c4oc5c6ccccc6c6ccccc6c5c4-c4ccccc4)cc3)c3ccc(-c4cccc5ccccc45)cc3)cc21. The van der Waals surface area contributed by atoms with Crippen molar-refractivity contribution in [2.75, 3.05) is 4.90 Å². The maximum absolute atomic E-state index is 7.11. The number of nitrogens with zero attached hydrogens (tertiary/aromatic N) is 1. The summed E-state index contributed by atoms with van der Waals surface area (Å²) in [4.78, 5) is 2.40. The number of hydrogen-bond acceptors (Lipinski definition) is 2. The highest BCUT2D eigenvalue weighted by Gasteiger charge is 2.36. The van der Waals surface area contributed by atoms with Gasteiger partial charge >= 0.3 is 0 Å². The van der Waals surface area contributed by atoms with Crippen molar-refractivity contribution in [1.29, 1.82) is 0 Å². The quantitative estimate of drug-likeness (QED) is 0.156. The smallest absolute Gasteiger partial charge is 0.143 e. The molecule has 1 aromatic heterocycles. The molecule has 0 fully saturated rings. The van der Waals surface area contributed by atoms with E-state index < -0.39 is 0 Å². The zero-order valence-electron chi connectivity index (χ0n) is 34.1. The van der Waals surface area contributed by atoms with E-state index in [4.69, 9.17) is 4.42 Å². The molecule has 11 aromatic rings. The largest absolute Gasteiger partial charge is 0.455 e. The van der Waals surface area contributed by atoms with E-state index in [-0.39, 0.29) is 5.41 Å². The van der Waals surface area contributed by atoms with Crippen LogP contribution in [0, 0.1) is 0 Å². The van der Waals surface area contributed by atoms with Gasteiger partial charge in [0, 0.05) is 44.4 Å². The Morgan fingerprint density at radius 3 is 1.67 bits per heavy atom. The van der Waals surface area contributed by atoms with Crippen LogP contribution in [0.25, 0.3) is 88.0 Å². The van der Waals surface area contributed by atoms with E-state index in [1.165, 1.54) is 60.3 Å². The van der Waals surface area contributed by atoms with Crippen molar-refractivity contribution in [2.45, 2.75) is 19.3 Å². The van der Waals surface area contributed by atoms with Crippen LogP contribution in [-0.4, -0.2) is 0 Å². The van der Waals surface area contributed by atoms with Crippen LogP contribution in [0.15, 0.2) is 217 Å². The van der Waals surface area contributed by atoms with Crippen LogP contribution in [0.1, 0.15) is 25.0 Å². The first kappa shape index (κ1) is 35.3. The molecule has 10 aromatic carbocycles. The summed E-state index contributed by atoms with van der Waals surface area (Å²) in [7, 11) is 0. The number of fused-ring (bicyclic) bond motifs is 10. The summed E-state index contributed by atoms with van der Waals surface area (Å²) in [6, 6.07) is 77.1. The fourth-order valence-corrected chi connectivity index (χ4v) is 10.1. The van der Waals surface area contributed by atoms with Crippen molar-refractivity contribution in [2.24, 2.45) is 0 Å². The van der Waals surface area contributed by atoms with Crippen molar-refractivity contribution >= 4 is 60.3 Å². The lowest BCUT2D eigenvalue weighted by molar-refractivity contribution is 0.636. The van der Waals surface area contributed by atoms with Gasteiger partial charge in [0.25, 0.3) is 0 Å². The highest BCUT2D eigenvalue weighted by Crippen LogP contribution is 2.52. The molecule has 0 spiro atoms. The Morgan fingerprint density at radius 1 is 0.377 bits per heavy atom. The van der Waals surface area contributed by atoms with Crippen molar-refractivity contribution in [3.8, 4) is 44.7 Å². The average molecular weight is 780 g/mol. The molecule has 1 heterocycles. The first-order valence-corrected chi connectivity index (χ1v) is 21.2.